The van der Waals surface area contributed by atoms with Gasteiger partial charge in [0.05, 0.1) is 18.3 Å². The molecule has 0 amide bonds. The first kappa shape index (κ1) is 19.4. The molecule has 2 heteroatoms. The Bertz CT molecular complexity index is 988. The third-order valence-electron chi connectivity index (χ3n) is 5.17. The molecule has 142 valence electrons. The molecule has 3 aromatic rings. The maximum Gasteiger partial charge on any atom is 0.131 e. The molecule has 0 saturated carbocycles. The zero-order valence-corrected chi connectivity index (χ0v) is 17.9. The van der Waals surface area contributed by atoms with Crippen molar-refractivity contribution in [2.45, 2.75) is 59.3 Å². The molecule has 27 heavy (non-hydrogen) atoms. The summed E-state index contributed by atoms with van der Waals surface area (Å²) in [5, 5.41) is 1.17. The predicted octanol–water partition coefficient (Wildman–Crippen LogP) is 6.81. The first-order valence-electron chi connectivity index (χ1n) is 9.62. The maximum absolute atomic E-state index is 5.93. The lowest BCUT2D eigenvalue weighted by Gasteiger charge is -2.28. The molecule has 0 aliphatic heterocycles. The van der Waals surface area contributed by atoms with Gasteiger partial charge in [0.1, 0.15) is 5.75 Å². The summed E-state index contributed by atoms with van der Waals surface area (Å²) in [6, 6.07) is 15.1. The Morgan fingerprint density at radius 2 is 1.56 bits per heavy atom. The number of hydrogen-bond donors (Lipinski definition) is 0. The van der Waals surface area contributed by atoms with Crippen LogP contribution in [-0.4, -0.2) is 12.1 Å². The first-order valence-corrected chi connectivity index (χ1v) is 9.62. The molecule has 1 heterocycles. The number of pyridine rings is 1. The molecule has 0 fully saturated rings. The molecule has 0 atom stereocenters. The molecule has 0 radical (unpaired) electrons. The average Bonchev–Trinajstić information content (AvgIpc) is 2.59. The van der Waals surface area contributed by atoms with Gasteiger partial charge in [-0.1, -0.05) is 71.9 Å². The van der Waals surface area contributed by atoms with Crippen LogP contribution in [0.25, 0.3) is 22.2 Å². The van der Waals surface area contributed by atoms with Crippen LogP contribution in [0.3, 0.4) is 0 Å². The average molecular weight is 362 g/mol. The normalized spacial score (nSPS) is 12.4. The smallest absolute Gasteiger partial charge is 0.131 e. The number of aromatic nitrogens is 1. The highest BCUT2D eigenvalue weighted by atomic mass is 16.5. The number of methoxy groups -OCH3 is 1. The van der Waals surface area contributed by atoms with E-state index >= 15 is 0 Å². The van der Waals surface area contributed by atoms with Crippen molar-refractivity contribution in [2.24, 2.45) is 0 Å². The quantitative estimate of drug-likeness (QED) is 0.500. The predicted molar refractivity (Wildman–Crippen MR) is 116 cm³/mol. The highest BCUT2D eigenvalue weighted by molar-refractivity contribution is 5.85. The molecular weight excluding hydrogens is 330 g/mol. The Labute approximate surface area is 163 Å². The van der Waals surface area contributed by atoms with E-state index in [1.165, 1.54) is 22.1 Å². The number of nitrogens with zero attached hydrogens (tertiary/aromatic N) is 1. The highest BCUT2D eigenvalue weighted by Crippen LogP contribution is 2.42. The minimum atomic E-state index is -0.0197. The molecule has 0 aliphatic carbocycles. The number of fused-ring (bicyclic) bond motifs is 1. The minimum absolute atomic E-state index is 0.0197. The third-order valence-corrected chi connectivity index (χ3v) is 5.17. The molecule has 0 aliphatic rings. The molecule has 0 saturated heterocycles. The molecule has 0 unspecified atom stereocenters. The van der Waals surface area contributed by atoms with Gasteiger partial charge in [-0.3, -0.25) is 0 Å². The van der Waals surface area contributed by atoms with E-state index in [4.69, 9.17) is 9.72 Å². The van der Waals surface area contributed by atoms with Crippen molar-refractivity contribution >= 4 is 10.9 Å². The van der Waals surface area contributed by atoms with Crippen LogP contribution in [0.5, 0.6) is 5.75 Å². The van der Waals surface area contributed by atoms with Crippen molar-refractivity contribution in [1.82, 2.24) is 4.98 Å². The summed E-state index contributed by atoms with van der Waals surface area (Å²) in [7, 11) is 1.76. The van der Waals surface area contributed by atoms with Crippen LogP contribution in [0, 0.1) is 6.92 Å². The van der Waals surface area contributed by atoms with Crippen LogP contribution < -0.4 is 4.74 Å². The van der Waals surface area contributed by atoms with Crippen molar-refractivity contribution in [2.75, 3.05) is 7.11 Å². The van der Waals surface area contributed by atoms with Crippen molar-refractivity contribution < 1.29 is 4.74 Å². The molecule has 3 rings (SSSR count). The van der Waals surface area contributed by atoms with Crippen LogP contribution in [0.1, 0.15) is 58.2 Å². The number of rotatable bonds is 2. The van der Waals surface area contributed by atoms with Gasteiger partial charge in [0.25, 0.3) is 0 Å². The fourth-order valence-electron chi connectivity index (χ4n) is 3.47. The Hall–Kier alpha value is -2.35. The number of ether oxygens (including phenoxy) is 1. The van der Waals surface area contributed by atoms with Gasteiger partial charge in [0.15, 0.2) is 0 Å². The van der Waals surface area contributed by atoms with E-state index in [-0.39, 0.29) is 10.8 Å². The van der Waals surface area contributed by atoms with E-state index in [1.807, 2.05) is 0 Å². The van der Waals surface area contributed by atoms with E-state index in [0.717, 1.165) is 22.5 Å². The van der Waals surface area contributed by atoms with E-state index in [2.05, 4.69) is 90.9 Å². The summed E-state index contributed by atoms with van der Waals surface area (Å²) in [4.78, 5) is 5.02. The van der Waals surface area contributed by atoms with Gasteiger partial charge in [-0.15, -0.1) is 0 Å². The van der Waals surface area contributed by atoms with E-state index < -0.39 is 0 Å². The number of hydrogen-bond acceptors (Lipinski definition) is 2. The number of aryl methyl sites for hydroxylation is 1. The van der Waals surface area contributed by atoms with Crippen molar-refractivity contribution in [1.29, 1.82) is 0 Å². The fraction of sp³-hybridized carbons (Fsp3) is 0.400. The summed E-state index contributed by atoms with van der Waals surface area (Å²) >= 11 is 0. The zero-order chi connectivity index (χ0) is 20.0. The Morgan fingerprint density at radius 1 is 0.852 bits per heavy atom. The summed E-state index contributed by atoms with van der Waals surface area (Å²) in [6.45, 7) is 15.6. The second kappa shape index (κ2) is 6.67. The second-order valence-electron chi connectivity index (χ2n) is 9.45. The maximum atomic E-state index is 5.93. The summed E-state index contributed by atoms with van der Waals surface area (Å²) in [6.07, 6.45) is 0. The Balaban J connectivity index is 2.36. The summed E-state index contributed by atoms with van der Waals surface area (Å²) in [5.41, 5.74) is 6.83. The Kier molecular flexibility index (Phi) is 4.80. The lowest BCUT2D eigenvalue weighted by molar-refractivity contribution is 0.398. The van der Waals surface area contributed by atoms with Crippen LogP contribution in [-0.2, 0) is 10.8 Å². The molecule has 2 aromatic carbocycles. The second-order valence-corrected chi connectivity index (χ2v) is 9.45. The van der Waals surface area contributed by atoms with E-state index in [1.54, 1.807) is 7.11 Å². The summed E-state index contributed by atoms with van der Waals surface area (Å²) in [5.74, 6) is 0.927. The lowest BCUT2D eigenvalue weighted by atomic mass is 9.78. The van der Waals surface area contributed by atoms with Gasteiger partial charge in [-0.05, 0) is 41.0 Å². The largest absolute Gasteiger partial charge is 0.496 e. The Morgan fingerprint density at radius 3 is 2.15 bits per heavy atom. The van der Waals surface area contributed by atoms with Crippen LogP contribution in [0.2, 0.25) is 0 Å². The van der Waals surface area contributed by atoms with Crippen LogP contribution in [0.15, 0.2) is 42.5 Å². The zero-order valence-electron chi connectivity index (χ0n) is 17.9. The molecule has 0 spiro atoms. The van der Waals surface area contributed by atoms with Crippen LogP contribution >= 0.6 is 0 Å². The SMILES string of the molecule is COc1c(-c2ccc3cccc(C)c3n2)cc(C(C)(C)C)cc1C(C)(C)C. The van der Waals surface area contributed by atoms with Gasteiger partial charge in [-0.2, -0.15) is 0 Å². The van der Waals surface area contributed by atoms with Gasteiger partial charge in [0, 0.05) is 16.5 Å². The third kappa shape index (κ3) is 3.71. The minimum Gasteiger partial charge on any atom is -0.496 e. The standard InChI is InChI=1S/C25H31NO/c1-16-10-9-11-17-12-13-21(26-22(16)17)19-14-18(24(2,3)4)15-20(23(19)27-8)25(5,6)7/h9-15H,1-8H3. The van der Waals surface area contributed by atoms with Crippen molar-refractivity contribution in [3.05, 3.63) is 59.2 Å². The van der Waals surface area contributed by atoms with Gasteiger partial charge >= 0.3 is 0 Å². The molecular formula is C25H31NO. The van der Waals surface area contributed by atoms with E-state index in [0.29, 0.717) is 0 Å². The molecule has 0 N–H and O–H groups in total. The monoisotopic (exact) mass is 361 g/mol. The highest BCUT2D eigenvalue weighted by Gasteiger charge is 2.26. The molecule has 1 aromatic heterocycles. The van der Waals surface area contributed by atoms with Crippen LogP contribution in [0.4, 0.5) is 0 Å². The van der Waals surface area contributed by atoms with Crippen molar-refractivity contribution in [3.63, 3.8) is 0 Å². The van der Waals surface area contributed by atoms with Gasteiger partial charge < -0.3 is 4.74 Å². The number of benzene rings is 2. The molecule has 2 nitrogen and oxygen atoms in total. The topological polar surface area (TPSA) is 22.1 Å². The number of para-hydroxylation sites is 1. The first-order chi connectivity index (χ1) is 12.5. The van der Waals surface area contributed by atoms with E-state index in [9.17, 15) is 0 Å². The van der Waals surface area contributed by atoms with Gasteiger partial charge in [-0.25, -0.2) is 4.98 Å². The van der Waals surface area contributed by atoms with Gasteiger partial charge in [0.2, 0.25) is 0 Å². The fourth-order valence-corrected chi connectivity index (χ4v) is 3.47. The summed E-state index contributed by atoms with van der Waals surface area (Å²) < 4.78 is 5.93. The lowest BCUT2D eigenvalue weighted by Crippen LogP contribution is -2.18. The van der Waals surface area contributed by atoms with Crippen molar-refractivity contribution in [3.8, 4) is 17.0 Å². The molecule has 0 bridgehead atoms.